The zero-order chi connectivity index (χ0) is 15.7. The van der Waals surface area contributed by atoms with Gasteiger partial charge in [-0.2, -0.15) is 10.1 Å². The van der Waals surface area contributed by atoms with E-state index in [0.29, 0.717) is 18.0 Å². The molecule has 0 aromatic carbocycles. The van der Waals surface area contributed by atoms with E-state index >= 15 is 0 Å². The summed E-state index contributed by atoms with van der Waals surface area (Å²) in [5.74, 6) is 1.56. The van der Waals surface area contributed by atoms with Gasteiger partial charge in [0.2, 0.25) is 5.89 Å². The van der Waals surface area contributed by atoms with Gasteiger partial charge in [-0.05, 0) is 19.8 Å². The third kappa shape index (κ3) is 2.75. The SMILES string of the molecule is CCc1nc([C@H]2CCCN(C(=O)c3cn(C)nc3C)C2)no1. The molecule has 0 bridgehead atoms. The van der Waals surface area contributed by atoms with E-state index in [2.05, 4.69) is 15.2 Å². The predicted octanol–water partition coefficient (Wildman–Crippen LogP) is 1.69. The number of nitrogens with zero attached hydrogens (tertiary/aromatic N) is 5. The highest BCUT2D eigenvalue weighted by atomic mass is 16.5. The Morgan fingerprint density at radius 2 is 2.32 bits per heavy atom. The van der Waals surface area contributed by atoms with Gasteiger partial charge < -0.3 is 9.42 Å². The lowest BCUT2D eigenvalue weighted by Crippen LogP contribution is -2.39. The van der Waals surface area contributed by atoms with Crippen LogP contribution in [0.15, 0.2) is 10.7 Å². The van der Waals surface area contributed by atoms with Gasteiger partial charge in [-0.1, -0.05) is 12.1 Å². The molecule has 0 spiro atoms. The van der Waals surface area contributed by atoms with Crippen LogP contribution < -0.4 is 0 Å². The first-order chi connectivity index (χ1) is 10.6. The largest absolute Gasteiger partial charge is 0.339 e. The van der Waals surface area contributed by atoms with Crippen LogP contribution in [0, 0.1) is 6.92 Å². The maximum atomic E-state index is 12.7. The minimum Gasteiger partial charge on any atom is -0.339 e. The van der Waals surface area contributed by atoms with E-state index in [9.17, 15) is 4.79 Å². The number of carbonyl (C=O) groups is 1. The summed E-state index contributed by atoms with van der Waals surface area (Å²) in [5, 5.41) is 8.31. The number of rotatable bonds is 3. The third-order valence-electron chi connectivity index (χ3n) is 4.10. The molecule has 1 atom stereocenters. The number of likely N-dealkylation sites (tertiary alicyclic amines) is 1. The summed E-state index contributed by atoms with van der Waals surface area (Å²) in [6, 6.07) is 0. The van der Waals surface area contributed by atoms with Gasteiger partial charge in [0, 0.05) is 38.7 Å². The zero-order valence-corrected chi connectivity index (χ0v) is 13.2. The highest BCUT2D eigenvalue weighted by Crippen LogP contribution is 2.26. The quantitative estimate of drug-likeness (QED) is 0.862. The Morgan fingerprint density at radius 1 is 1.50 bits per heavy atom. The van der Waals surface area contributed by atoms with Gasteiger partial charge in [-0.15, -0.1) is 0 Å². The summed E-state index contributed by atoms with van der Waals surface area (Å²) < 4.78 is 6.87. The Kier molecular flexibility index (Phi) is 3.96. The summed E-state index contributed by atoms with van der Waals surface area (Å²) >= 11 is 0. The Hall–Kier alpha value is -2.18. The molecule has 0 aliphatic carbocycles. The molecule has 0 unspecified atom stereocenters. The van der Waals surface area contributed by atoms with Crippen molar-refractivity contribution in [2.45, 2.75) is 39.0 Å². The van der Waals surface area contributed by atoms with E-state index in [1.165, 1.54) is 0 Å². The molecule has 0 radical (unpaired) electrons. The molecule has 0 saturated carbocycles. The second-order valence-corrected chi connectivity index (χ2v) is 5.79. The van der Waals surface area contributed by atoms with E-state index in [-0.39, 0.29) is 11.8 Å². The summed E-state index contributed by atoms with van der Waals surface area (Å²) in [5.41, 5.74) is 1.44. The summed E-state index contributed by atoms with van der Waals surface area (Å²) in [6.45, 7) is 5.25. The molecular weight excluding hydrogens is 282 g/mol. The lowest BCUT2D eigenvalue weighted by atomic mass is 9.97. The number of piperidine rings is 1. The van der Waals surface area contributed by atoms with Crippen LogP contribution in [0.2, 0.25) is 0 Å². The van der Waals surface area contributed by atoms with Crippen LogP contribution in [0.1, 0.15) is 53.5 Å². The molecule has 1 fully saturated rings. The Morgan fingerprint density at radius 3 is 2.95 bits per heavy atom. The topological polar surface area (TPSA) is 77.1 Å². The molecule has 1 aliphatic heterocycles. The third-order valence-corrected chi connectivity index (χ3v) is 4.10. The van der Waals surface area contributed by atoms with E-state index in [1.807, 2.05) is 25.8 Å². The van der Waals surface area contributed by atoms with Gasteiger partial charge in [-0.3, -0.25) is 9.48 Å². The number of hydrogen-bond acceptors (Lipinski definition) is 5. The molecule has 2 aromatic heterocycles. The highest BCUT2D eigenvalue weighted by Gasteiger charge is 2.29. The van der Waals surface area contributed by atoms with Crippen molar-refractivity contribution < 1.29 is 9.32 Å². The molecule has 1 amide bonds. The molecule has 7 heteroatoms. The van der Waals surface area contributed by atoms with Gasteiger partial charge >= 0.3 is 0 Å². The minimum atomic E-state index is 0.0366. The van der Waals surface area contributed by atoms with Crippen LogP contribution >= 0.6 is 0 Å². The average molecular weight is 303 g/mol. The molecule has 118 valence electrons. The van der Waals surface area contributed by atoms with Crippen molar-refractivity contribution >= 4 is 5.91 Å². The summed E-state index contributed by atoms with van der Waals surface area (Å²) in [4.78, 5) is 19.0. The minimum absolute atomic E-state index is 0.0366. The molecule has 7 nitrogen and oxygen atoms in total. The molecule has 0 N–H and O–H groups in total. The van der Waals surface area contributed by atoms with Gasteiger partial charge in [-0.25, -0.2) is 0 Å². The Bertz CT molecular complexity index is 675. The van der Waals surface area contributed by atoms with E-state index in [0.717, 1.165) is 37.3 Å². The van der Waals surface area contributed by atoms with Crippen LogP contribution in [0.5, 0.6) is 0 Å². The highest BCUT2D eigenvalue weighted by molar-refractivity contribution is 5.95. The van der Waals surface area contributed by atoms with Gasteiger partial charge in [0.1, 0.15) is 0 Å². The molecule has 3 heterocycles. The Labute approximate surface area is 129 Å². The lowest BCUT2D eigenvalue weighted by molar-refractivity contribution is 0.0703. The fourth-order valence-corrected chi connectivity index (χ4v) is 2.93. The first-order valence-corrected chi connectivity index (χ1v) is 7.70. The monoisotopic (exact) mass is 303 g/mol. The van der Waals surface area contributed by atoms with Crippen molar-refractivity contribution in [1.82, 2.24) is 24.8 Å². The van der Waals surface area contributed by atoms with Gasteiger partial charge in [0.05, 0.1) is 11.3 Å². The normalized spacial score (nSPS) is 18.7. The Balaban J connectivity index is 1.75. The van der Waals surface area contributed by atoms with Crippen molar-refractivity contribution in [3.8, 4) is 0 Å². The maximum Gasteiger partial charge on any atom is 0.257 e. The van der Waals surface area contributed by atoms with Crippen molar-refractivity contribution in [3.05, 3.63) is 29.2 Å². The van der Waals surface area contributed by atoms with E-state index in [1.54, 1.807) is 10.9 Å². The van der Waals surface area contributed by atoms with Crippen LogP contribution in [-0.4, -0.2) is 43.8 Å². The maximum absolute atomic E-state index is 12.7. The molecule has 22 heavy (non-hydrogen) atoms. The van der Waals surface area contributed by atoms with Gasteiger partial charge in [0.25, 0.3) is 5.91 Å². The number of amides is 1. The van der Waals surface area contributed by atoms with Gasteiger partial charge in [0.15, 0.2) is 5.82 Å². The second-order valence-electron chi connectivity index (χ2n) is 5.79. The van der Waals surface area contributed by atoms with Crippen molar-refractivity contribution in [2.75, 3.05) is 13.1 Å². The molecule has 1 saturated heterocycles. The fraction of sp³-hybridized carbons (Fsp3) is 0.600. The molecule has 3 rings (SSSR count). The van der Waals surface area contributed by atoms with Crippen LogP contribution in [0.4, 0.5) is 0 Å². The number of carbonyl (C=O) groups excluding carboxylic acids is 1. The predicted molar refractivity (Wildman–Crippen MR) is 79.5 cm³/mol. The van der Waals surface area contributed by atoms with E-state index < -0.39 is 0 Å². The van der Waals surface area contributed by atoms with Crippen LogP contribution in [0.3, 0.4) is 0 Å². The van der Waals surface area contributed by atoms with Crippen molar-refractivity contribution in [3.63, 3.8) is 0 Å². The average Bonchev–Trinajstić information content (AvgIpc) is 3.13. The van der Waals surface area contributed by atoms with Crippen molar-refractivity contribution in [2.24, 2.45) is 7.05 Å². The first kappa shape index (κ1) is 14.7. The number of aryl methyl sites for hydroxylation is 3. The summed E-state index contributed by atoms with van der Waals surface area (Å²) in [6.07, 6.45) is 4.45. The number of hydrogen-bond donors (Lipinski definition) is 0. The number of aromatic nitrogens is 4. The summed E-state index contributed by atoms with van der Waals surface area (Å²) in [7, 11) is 1.83. The van der Waals surface area contributed by atoms with Crippen LogP contribution in [-0.2, 0) is 13.5 Å². The zero-order valence-electron chi connectivity index (χ0n) is 13.2. The second kappa shape index (κ2) is 5.90. The lowest BCUT2D eigenvalue weighted by Gasteiger charge is -2.31. The van der Waals surface area contributed by atoms with Crippen LogP contribution in [0.25, 0.3) is 0 Å². The fourth-order valence-electron chi connectivity index (χ4n) is 2.93. The molecule has 1 aliphatic rings. The van der Waals surface area contributed by atoms with Crippen molar-refractivity contribution in [1.29, 1.82) is 0 Å². The molecule has 2 aromatic rings. The molecular formula is C15H21N5O2. The van der Waals surface area contributed by atoms with E-state index in [4.69, 9.17) is 4.52 Å². The smallest absolute Gasteiger partial charge is 0.257 e. The standard InChI is InChI=1S/C15H21N5O2/c1-4-13-16-14(18-22-13)11-6-5-7-20(8-11)15(21)12-9-19(3)17-10(12)2/h9,11H,4-8H2,1-3H3/t11-/m0/s1. The first-order valence-electron chi connectivity index (χ1n) is 7.70.